The zero-order valence-corrected chi connectivity index (χ0v) is 17.8. The van der Waals surface area contributed by atoms with E-state index >= 15 is 0 Å². The van der Waals surface area contributed by atoms with E-state index in [2.05, 4.69) is 15.0 Å². The second kappa shape index (κ2) is 7.13. The summed E-state index contributed by atoms with van der Waals surface area (Å²) in [6.07, 6.45) is 13.5. The number of aromatic nitrogens is 1. The van der Waals surface area contributed by atoms with Crippen molar-refractivity contribution in [1.82, 2.24) is 10.0 Å². The molecular formula is C26H20N4O4. The van der Waals surface area contributed by atoms with Crippen LogP contribution in [0.2, 0.25) is 0 Å². The summed E-state index contributed by atoms with van der Waals surface area (Å²) in [5.41, 5.74) is 0.259. The molecule has 0 saturated carbocycles. The minimum absolute atomic E-state index is 0.192. The van der Waals surface area contributed by atoms with Gasteiger partial charge in [-0.2, -0.15) is 0 Å². The Kier molecular flexibility index (Phi) is 4.27. The lowest BCUT2D eigenvalue weighted by Gasteiger charge is -2.40. The summed E-state index contributed by atoms with van der Waals surface area (Å²) >= 11 is 0. The summed E-state index contributed by atoms with van der Waals surface area (Å²) in [5, 5.41) is 47.2. The number of hydroxylamine groups is 2. The fourth-order valence-electron chi connectivity index (χ4n) is 4.57. The quantitative estimate of drug-likeness (QED) is 0.419. The number of hydrogen-bond donors (Lipinski definition) is 5. The monoisotopic (exact) mass is 452 g/mol. The van der Waals surface area contributed by atoms with Crippen LogP contribution in [0.5, 0.6) is 0 Å². The van der Waals surface area contributed by atoms with Gasteiger partial charge >= 0.3 is 0 Å². The lowest BCUT2D eigenvalue weighted by molar-refractivity contribution is -0.254. The summed E-state index contributed by atoms with van der Waals surface area (Å²) in [6, 6.07) is 12.3. The Morgan fingerprint density at radius 1 is 0.765 bits per heavy atom. The van der Waals surface area contributed by atoms with Crippen molar-refractivity contribution in [2.75, 3.05) is 0 Å². The van der Waals surface area contributed by atoms with Gasteiger partial charge in [0.1, 0.15) is 5.70 Å². The molecule has 0 aliphatic carbocycles. The molecule has 1 unspecified atom stereocenters. The highest BCUT2D eigenvalue weighted by Crippen LogP contribution is 2.51. The Balaban J connectivity index is 1.66. The van der Waals surface area contributed by atoms with Gasteiger partial charge in [-0.25, -0.2) is 15.0 Å². The second-order valence-corrected chi connectivity index (χ2v) is 8.39. The van der Waals surface area contributed by atoms with Crippen molar-refractivity contribution in [2.24, 2.45) is 9.98 Å². The Bertz CT molecular complexity index is 1550. The van der Waals surface area contributed by atoms with Crippen LogP contribution in [-0.4, -0.2) is 47.8 Å². The first kappa shape index (κ1) is 20.4. The lowest BCUT2D eigenvalue weighted by Crippen LogP contribution is -2.55. The number of nitrogens with one attached hydrogen (secondary N) is 1. The molecule has 1 aromatic heterocycles. The van der Waals surface area contributed by atoms with Crippen LogP contribution < -0.4 is 10.7 Å². The first-order chi connectivity index (χ1) is 16.4. The van der Waals surface area contributed by atoms with Gasteiger partial charge in [-0.3, -0.25) is 5.21 Å². The van der Waals surface area contributed by atoms with Crippen LogP contribution in [0.25, 0.3) is 12.2 Å². The fourth-order valence-corrected chi connectivity index (χ4v) is 4.57. The summed E-state index contributed by atoms with van der Waals surface area (Å²) < 4.78 is 0. The molecule has 2 aromatic rings. The molecule has 1 atom stereocenters. The largest absolute Gasteiger partial charge is 0.505 e. The maximum atomic E-state index is 11.4. The summed E-state index contributed by atoms with van der Waals surface area (Å²) in [5.74, 6) is -3.68. The number of aromatic amines is 1. The minimum atomic E-state index is -2.87. The highest BCUT2D eigenvalue weighted by atomic mass is 16.6. The van der Waals surface area contributed by atoms with Crippen LogP contribution in [0.15, 0.2) is 112 Å². The van der Waals surface area contributed by atoms with Crippen molar-refractivity contribution < 1.29 is 20.5 Å². The number of aliphatic hydroxyl groups is 3. The van der Waals surface area contributed by atoms with Crippen LogP contribution in [-0.2, 0) is 5.54 Å². The second-order valence-electron chi connectivity index (χ2n) is 8.39. The highest BCUT2D eigenvalue weighted by molar-refractivity contribution is 6.20. The Morgan fingerprint density at radius 3 is 2.06 bits per heavy atom. The molecule has 5 N–H and O–H groups in total. The number of H-pyrrole nitrogens is 1. The van der Waals surface area contributed by atoms with Crippen LogP contribution in [0.1, 0.15) is 5.56 Å². The number of nitrogens with zero attached hydrogens (tertiary/aromatic N) is 3. The molecule has 5 heterocycles. The molecular weight excluding hydrogens is 432 g/mol. The van der Waals surface area contributed by atoms with E-state index in [1.54, 1.807) is 54.6 Å². The third-order valence-electron chi connectivity index (χ3n) is 6.23. The normalized spacial score (nSPS) is 24.4. The first-order valence-electron chi connectivity index (χ1n) is 10.7. The number of aliphatic hydroxyl groups excluding tert-OH is 1. The van der Waals surface area contributed by atoms with Gasteiger partial charge in [0.15, 0.2) is 11.3 Å². The Labute approximate surface area is 193 Å². The molecule has 8 bridgehead atoms. The highest BCUT2D eigenvalue weighted by Gasteiger charge is 2.63. The van der Waals surface area contributed by atoms with Gasteiger partial charge < -0.3 is 20.3 Å². The number of allylic oxidation sites excluding steroid dienone is 5. The topological polar surface area (TPSA) is 125 Å². The molecule has 6 rings (SSSR count). The van der Waals surface area contributed by atoms with E-state index in [-0.39, 0.29) is 5.70 Å². The summed E-state index contributed by atoms with van der Waals surface area (Å²) in [7, 11) is 0. The van der Waals surface area contributed by atoms with E-state index in [0.717, 1.165) is 10.7 Å². The average molecular weight is 452 g/mol. The predicted molar refractivity (Wildman–Crippen MR) is 127 cm³/mol. The van der Waals surface area contributed by atoms with Gasteiger partial charge in [-0.1, -0.05) is 30.3 Å². The summed E-state index contributed by atoms with van der Waals surface area (Å²) in [4.78, 5) is 12.4. The average Bonchev–Trinajstić information content (AvgIpc) is 3.59. The van der Waals surface area contributed by atoms with E-state index < -0.39 is 17.1 Å². The SMILES string of the molecule is OC1=C2C=C3C=CC(=N3)C=c3ccc([nH]3)=CC3=NC(=CC(c4ccccc4)(N2O)C1(O)O)C=C3. The van der Waals surface area contributed by atoms with Crippen LogP contribution in [0.4, 0.5) is 0 Å². The molecule has 0 fully saturated rings. The van der Waals surface area contributed by atoms with Crippen molar-refractivity contribution in [3.05, 3.63) is 118 Å². The smallest absolute Gasteiger partial charge is 0.259 e. The third-order valence-corrected chi connectivity index (χ3v) is 6.23. The van der Waals surface area contributed by atoms with E-state index in [1.165, 1.54) is 12.2 Å². The van der Waals surface area contributed by atoms with Crippen LogP contribution in [0.3, 0.4) is 0 Å². The zero-order chi connectivity index (χ0) is 23.5. The van der Waals surface area contributed by atoms with Crippen molar-refractivity contribution in [2.45, 2.75) is 11.3 Å². The van der Waals surface area contributed by atoms with Crippen LogP contribution in [0, 0.1) is 0 Å². The molecule has 34 heavy (non-hydrogen) atoms. The number of benzene rings is 1. The Hall–Kier alpha value is -4.24. The number of aliphatic imine (C=N–C) groups is 2. The molecule has 0 radical (unpaired) electrons. The number of fused-ring (bicyclic) bond motifs is 6. The zero-order valence-electron chi connectivity index (χ0n) is 17.8. The summed E-state index contributed by atoms with van der Waals surface area (Å²) in [6.45, 7) is 0. The van der Waals surface area contributed by atoms with Crippen molar-refractivity contribution in [3.63, 3.8) is 0 Å². The molecule has 8 nitrogen and oxygen atoms in total. The van der Waals surface area contributed by atoms with Crippen molar-refractivity contribution in [3.8, 4) is 0 Å². The number of hydrogen-bond acceptors (Lipinski definition) is 7. The van der Waals surface area contributed by atoms with Crippen molar-refractivity contribution >= 4 is 23.6 Å². The number of rotatable bonds is 1. The fraction of sp³-hybridized carbons (Fsp3) is 0.0769. The van der Waals surface area contributed by atoms with E-state index in [9.17, 15) is 20.5 Å². The lowest BCUT2D eigenvalue weighted by atomic mass is 9.81. The van der Waals surface area contributed by atoms with Crippen molar-refractivity contribution in [1.29, 1.82) is 0 Å². The van der Waals surface area contributed by atoms with Gasteiger partial charge in [0, 0.05) is 10.7 Å². The minimum Gasteiger partial charge on any atom is -0.505 e. The van der Waals surface area contributed by atoms with Crippen LogP contribution >= 0.6 is 0 Å². The van der Waals surface area contributed by atoms with Gasteiger partial charge in [-0.05, 0) is 66.3 Å². The molecule has 0 amide bonds. The van der Waals surface area contributed by atoms with E-state index in [0.29, 0.717) is 33.4 Å². The molecule has 8 heteroatoms. The van der Waals surface area contributed by atoms with E-state index in [4.69, 9.17) is 0 Å². The van der Waals surface area contributed by atoms with Gasteiger partial charge in [0.2, 0.25) is 0 Å². The van der Waals surface area contributed by atoms with E-state index in [1.807, 2.05) is 24.3 Å². The molecule has 168 valence electrons. The predicted octanol–water partition coefficient (Wildman–Crippen LogP) is 1.43. The maximum Gasteiger partial charge on any atom is 0.259 e. The van der Waals surface area contributed by atoms with Gasteiger partial charge in [-0.15, -0.1) is 0 Å². The molecule has 4 aliphatic rings. The first-order valence-corrected chi connectivity index (χ1v) is 10.7. The molecule has 4 aliphatic heterocycles. The molecule has 0 spiro atoms. The molecule has 0 saturated heterocycles. The Morgan fingerprint density at radius 2 is 1.38 bits per heavy atom. The van der Waals surface area contributed by atoms with Gasteiger partial charge in [0.25, 0.3) is 5.79 Å². The standard InChI is InChI=1S/C26H20N4O4/c31-24-23-14-21-9-8-19(28-21)12-17-6-7-18(27-17)13-20-10-11-22(29-20)15-25(30(23)34,26(24,32)33)16-4-2-1-3-5-16/h1-15,27,31-34H. The van der Waals surface area contributed by atoms with Gasteiger partial charge in [0.05, 0.1) is 22.8 Å². The third kappa shape index (κ3) is 2.90. The molecule has 1 aromatic carbocycles. The maximum absolute atomic E-state index is 11.4.